The van der Waals surface area contributed by atoms with E-state index in [-0.39, 0.29) is 18.4 Å². The molecule has 4 rings (SSSR count). The highest BCUT2D eigenvalue weighted by Gasteiger charge is 2.31. The first kappa shape index (κ1) is 20.0. The molecule has 2 aromatic rings. The van der Waals surface area contributed by atoms with E-state index >= 15 is 0 Å². The molecule has 2 aliphatic rings. The van der Waals surface area contributed by atoms with Crippen LogP contribution in [0.5, 0.6) is 5.75 Å². The number of hydrogen-bond donors (Lipinski definition) is 0. The number of aromatic nitrogens is 2. The molecule has 2 atom stereocenters. The second-order valence-corrected chi connectivity index (χ2v) is 9.04. The third kappa shape index (κ3) is 4.50. The Bertz CT molecular complexity index is 880. The van der Waals surface area contributed by atoms with Gasteiger partial charge in [-0.15, -0.1) is 0 Å². The van der Waals surface area contributed by atoms with Crippen molar-refractivity contribution >= 4 is 17.0 Å². The highest BCUT2D eigenvalue weighted by atomic mass is 16.6. The van der Waals surface area contributed by atoms with Crippen molar-refractivity contribution in [1.29, 1.82) is 0 Å². The highest BCUT2D eigenvalue weighted by Crippen LogP contribution is 2.31. The molecular weight excluding hydrogens is 370 g/mol. The van der Waals surface area contributed by atoms with Crippen molar-refractivity contribution in [2.45, 2.75) is 71.3 Å². The van der Waals surface area contributed by atoms with E-state index in [2.05, 4.69) is 17.2 Å². The Morgan fingerprint density at radius 1 is 1.24 bits per heavy atom. The normalized spacial score (nSPS) is 22.8. The van der Waals surface area contributed by atoms with Crippen molar-refractivity contribution in [2.24, 2.45) is 0 Å². The van der Waals surface area contributed by atoms with E-state index in [1.807, 2.05) is 38.6 Å². The molecule has 158 valence electrons. The largest absolute Gasteiger partial charge is 0.488 e. The number of aryl methyl sites for hydroxylation is 1. The topological polar surface area (TPSA) is 65.8 Å². The number of nitrogens with zero attached hydrogens (tertiary/aromatic N) is 3. The zero-order chi connectivity index (χ0) is 20.6. The third-order valence-corrected chi connectivity index (χ3v) is 5.41. The molecule has 1 aromatic heterocycles. The summed E-state index contributed by atoms with van der Waals surface area (Å²) in [6.07, 6.45) is 5.61. The average Bonchev–Trinajstić information content (AvgIpc) is 3.28. The molecule has 7 nitrogen and oxygen atoms in total. The van der Waals surface area contributed by atoms with Gasteiger partial charge in [0.25, 0.3) is 0 Å². The summed E-state index contributed by atoms with van der Waals surface area (Å²) in [6, 6.07) is 4.17. The van der Waals surface area contributed by atoms with Crippen LogP contribution in [0.25, 0.3) is 10.9 Å². The van der Waals surface area contributed by atoms with Crippen LogP contribution < -0.4 is 4.74 Å². The van der Waals surface area contributed by atoms with Crippen LogP contribution in [0.1, 0.15) is 58.2 Å². The van der Waals surface area contributed by atoms with Crippen LogP contribution in [-0.2, 0) is 9.47 Å². The smallest absolute Gasteiger partial charge is 0.410 e. The monoisotopic (exact) mass is 401 g/mol. The molecule has 0 saturated carbocycles. The van der Waals surface area contributed by atoms with Gasteiger partial charge in [-0.25, -0.2) is 9.48 Å². The van der Waals surface area contributed by atoms with E-state index in [0.29, 0.717) is 13.1 Å². The first-order chi connectivity index (χ1) is 13.8. The number of ether oxygens (including phenoxy) is 3. The van der Waals surface area contributed by atoms with Gasteiger partial charge >= 0.3 is 6.09 Å². The number of amides is 1. The maximum atomic E-state index is 12.3. The van der Waals surface area contributed by atoms with Crippen LogP contribution in [0.4, 0.5) is 4.79 Å². The molecular formula is C22H31N3O4. The van der Waals surface area contributed by atoms with Crippen molar-refractivity contribution in [3.05, 3.63) is 23.9 Å². The van der Waals surface area contributed by atoms with Gasteiger partial charge in [-0.1, -0.05) is 0 Å². The lowest BCUT2D eigenvalue weighted by molar-refractivity contribution is -0.0366. The molecule has 2 fully saturated rings. The number of carbonyl (C=O) groups is 1. The van der Waals surface area contributed by atoms with Crippen molar-refractivity contribution < 1.29 is 19.0 Å². The van der Waals surface area contributed by atoms with Crippen LogP contribution in [0, 0.1) is 6.92 Å². The quantitative estimate of drug-likeness (QED) is 0.761. The number of hydrogen-bond acceptors (Lipinski definition) is 5. The molecule has 1 aromatic carbocycles. The number of carbonyl (C=O) groups excluding carboxylic acids is 1. The van der Waals surface area contributed by atoms with Crippen molar-refractivity contribution in [1.82, 2.24) is 14.7 Å². The Kier molecular flexibility index (Phi) is 5.42. The highest BCUT2D eigenvalue weighted by molar-refractivity contribution is 5.81. The van der Waals surface area contributed by atoms with Crippen LogP contribution in [0.2, 0.25) is 0 Å². The van der Waals surface area contributed by atoms with Crippen LogP contribution in [0.3, 0.4) is 0 Å². The Morgan fingerprint density at radius 3 is 2.79 bits per heavy atom. The summed E-state index contributed by atoms with van der Waals surface area (Å²) in [4.78, 5) is 14.0. The van der Waals surface area contributed by atoms with Gasteiger partial charge in [-0.2, -0.15) is 5.10 Å². The fourth-order valence-corrected chi connectivity index (χ4v) is 3.96. The van der Waals surface area contributed by atoms with Gasteiger partial charge in [0.1, 0.15) is 17.5 Å². The van der Waals surface area contributed by atoms with E-state index in [0.717, 1.165) is 54.5 Å². The van der Waals surface area contributed by atoms with E-state index in [1.165, 1.54) is 0 Å². The Balaban J connectivity index is 1.48. The maximum absolute atomic E-state index is 12.3. The maximum Gasteiger partial charge on any atom is 0.410 e. The van der Waals surface area contributed by atoms with E-state index in [4.69, 9.17) is 14.2 Å². The van der Waals surface area contributed by atoms with Crippen molar-refractivity contribution in [3.63, 3.8) is 0 Å². The minimum atomic E-state index is -0.489. The standard InChI is InChI=1S/C22H31N3O4/c1-15-11-16-13-23-25(20-7-5-6-10-27-20)18(16)12-19(15)28-17-8-9-24(14-17)21(26)29-22(2,3)4/h11-13,17,20H,5-10,14H2,1-4H3/t17-,20-/m1/s1. The zero-order valence-electron chi connectivity index (χ0n) is 17.8. The van der Waals surface area contributed by atoms with Crippen LogP contribution in [0.15, 0.2) is 18.3 Å². The van der Waals surface area contributed by atoms with Gasteiger partial charge in [0.2, 0.25) is 0 Å². The minimum absolute atomic E-state index is 0.00838. The number of benzene rings is 1. The molecule has 0 aliphatic carbocycles. The summed E-state index contributed by atoms with van der Waals surface area (Å²) >= 11 is 0. The van der Waals surface area contributed by atoms with Crippen LogP contribution in [-0.4, -0.2) is 52.2 Å². The Hall–Kier alpha value is -2.28. The van der Waals surface area contributed by atoms with Gasteiger partial charge in [-0.3, -0.25) is 0 Å². The molecule has 0 unspecified atom stereocenters. The summed E-state index contributed by atoms with van der Waals surface area (Å²) in [7, 11) is 0. The summed E-state index contributed by atoms with van der Waals surface area (Å²) in [5.74, 6) is 0.839. The number of fused-ring (bicyclic) bond motifs is 1. The first-order valence-corrected chi connectivity index (χ1v) is 10.5. The molecule has 0 radical (unpaired) electrons. The predicted molar refractivity (Wildman–Crippen MR) is 110 cm³/mol. The average molecular weight is 402 g/mol. The lowest BCUT2D eigenvalue weighted by atomic mass is 10.1. The molecule has 3 heterocycles. The van der Waals surface area contributed by atoms with E-state index in [9.17, 15) is 4.79 Å². The van der Waals surface area contributed by atoms with Gasteiger partial charge in [-0.05, 0) is 58.6 Å². The number of likely N-dealkylation sites (tertiary alicyclic amines) is 1. The van der Waals surface area contributed by atoms with Gasteiger partial charge in [0.15, 0.2) is 6.23 Å². The van der Waals surface area contributed by atoms with Crippen molar-refractivity contribution in [3.8, 4) is 5.75 Å². The SMILES string of the molecule is Cc1cc2cnn([C@H]3CCCCO3)c2cc1O[C@@H]1CCN(C(=O)OC(C)(C)C)C1. The lowest BCUT2D eigenvalue weighted by Gasteiger charge is -2.24. The summed E-state index contributed by atoms with van der Waals surface area (Å²) in [5.41, 5.74) is 1.61. The molecule has 0 N–H and O–H groups in total. The predicted octanol–water partition coefficient (Wildman–Crippen LogP) is 4.43. The molecule has 29 heavy (non-hydrogen) atoms. The first-order valence-electron chi connectivity index (χ1n) is 10.5. The second-order valence-electron chi connectivity index (χ2n) is 9.04. The Morgan fingerprint density at radius 2 is 2.07 bits per heavy atom. The van der Waals surface area contributed by atoms with Gasteiger partial charge in [0.05, 0.1) is 18.3 Å². The van der Waals surface area contributed by atoms with Gasteiger partial charge in [0, 0.05) is 31.0 Å². The third-order valence-electron chi connectivity index (χ3n) is 5.41. The zero-order valence-corrected chi connectivity index (χ0v) is 17.8. The summed E-state index contributed by atoms with van der Waals surface area (Å²) in [5, 5.41) is 5.66. The van der Waals surface area contributed by atoms with E-state index in [1.54, 1.807) is 4.90 Å². The molecule has 2 aliphatic heterocycles. The second kappa shape index (κ2) is 7.86. The Labute approximate surface area is 171 Å². The number of rotatable bonds is 3. The fraction of sp³-hybridized carbons (Fsp3) is 0.636. The molecule has 7 heteroatoms. The molecule has 0 spiro atoms. The minimum Gasteiger partial charge on any atom is -0.488 e. The van der Waals surface area contributed by atoms with Crippen molar-refractivity contribution in [2.75, 3.05) is 19.7 Å². The van der Waals surface area contributed by atoms with Gasteiger partial charge < -0.3 is 19.1 Å². The molecule has 0 bridgehead atoms. The molecule has 1 amide bonds. The molecule has 2 saturated heterocycles. The van der Waals surface area contributed by atoms with E-state index < -0.39 is 5.60 Å². The summed E-state index contributed by atoms with van der Waals surface area (Å²) < 4.78 is 19.7. The summed E-state index contributed by atoms with van der Waals surface area (Å²) in [6.45, 7) is 9.66. The fourth-order valence-electron chi connectivity index (χ4n) is 3.96. The lowest BCUT2D eigenvalue weighted by Crippen LogP contribution is -2.36. The van der Waals surface area contributed by atoms with Crippen LogP contribution >= 0.6 is 0 Å².